The van der Waals surface area contributed by atoms with Crippen LogP contribution in [0, 0.1) is 0 Å². The second-order valence-electron chi connectivity index (χ2n) is 5.17. The number of aliphatic hydroxyl groups is 1. The molecule has 2 N–H and O–H groups in total. The summed E-state index contributed by atoms with van der Waals surface area (Å²) in [5.74, 6) is 0. The number of aromatic nitrogens is 2. The summed E-state index contributed by atoms with van der Waals surface area (Å²) in [6.45, 7) is 0.723. The molecule has 1 saturated carbocycles. The van der Waals surface area contributed by atoms with Crippen LogP contribution < -0.4 is 5.32 Å². The summed E-state index contributed by atoms with van der Waals surface area (Å²) in [7, 11) is 0. The smallest absolute Gasteiger partial charge is 0.318 e. The fourth-order valence-electron chi connectivity index (χ4n) is 2.22. The Morgan fingerprint density at radius 2 is 2.09 bits per heavy atom. The van der Waals surface area contributed by atoms with Gasteiger partial charge >= 0.3 is 6.03 Å². The van der Waals surface area contributed by atoms with Crippen molar-refractivity contribution in [2.45, 2.75) is 25.4 Å². The number of benzene rings is 1. The lowest BCUT2D eigenvalue weighted by atomic mass is 10.2. The second-order valence-corrected chi connectivity index (χ2v) is 6.24. The zero-order valence-corrected chi connectivity index (χ0v) is 12.9. The van der Waals surface area contributed by atoms with Gasteiger partial charge in [-0.3, -0.25) is 0 Å². The summed E-state index contributed by atoms with van der Waals surface area (Å²) in [6.07, 6.45) is 2.04. The molecule has 1 aliphatic carbocycles. The Hall–Kier alpha value is -1.99. The summed E-state index contributed by atoms with van der Waals surface area (Å²) >= 11 is 1.47. The maximum absolute atomic E-state index is 12.1. The molecule has 0 unspecified atom stereocenters. The van der Waals surface area contributed by atoms with E-state index in [0.717, 1.165) is 28.4 Å². The summed E-state index contributed by atoms with van der Waals surface area (Å²) < 4.78 is 0. The predicted octanol–water partition coefficient (Wildman–Crippen LogP) is 1.87. The number of aliphatic hydroxyl groups excluding tert-OH is 1. The molecule has 0 aliphatic heterocycles. The zero-order chi connectivity index (χ0) is 15.4. The predicted molar refractivity (Wildman–Crippen MR) is 84.4 cm³/mol. The Bertz CT molecular complexity index is 627. The van der Waals surface area contributed by atoms with Crippen LogP contribution >= 0.6 is 11.3 Å². The van der Waals surface area contributed by atoms with Crippen LogP contribution in [0.2, 0.25) is 0 Å². The minimum Gasteiger partial charge on any atom is -0.395 e. The number of nitrogens with zero attached hydrogens (tertiary/aromatic N) is 3. The van der Waals surface area contributed by atoms with E-state index in [1.807, 2.05) is 30.3 Å². The van der Waals surface area contributed by atoms with E-state index in [0.29, 0.717) is 13.1 Å². The highest BCUT2D eigenvalue weighted by Crippen LogP contribution is 2.27. The third kappa shape index (κ3) is 3.61. The van der Waals surface area contributed by atoms with E-state index in [2.05, 4.69) is 15.5 Å². The fourth-order valence-corrected chi connectivity index (χ4v) is 3.00. The van der Waals surface area contributed by atoms with Crippen molar-refractivity contribution < 1.29 is 9.90 Å². The Balaban J connectivity index is 1.57. The molecule has 3 rings (SSSR count). The lowest BCUT2D eigenvalue weighted by Gasteiger charge is -2.21. The van der Waals surface area contributed by atoms with Crippen LogP contribution in [-0.2, 0) is 6.54 Å². The molecule has 7 heteroatoms. The molecule has 1 aliphatic rings. The molecule has 0 spiro atoms. The summed E-state index contributed by atoms with van der Waals surface area (Å²) in [4.78, 5) is 13.8. The number of rotatable bonds is 6. The quantitative estimate of drug-likeness (QED) is 0.852. The van der Waals surface area contributed by atoms with Gasteiger partial charge in [-0.15, -0.1) is 10.2 Å². The van der Waals surface area contributed by atoms with Crippen molar-refractivity contribution in [2.75, 3.05) is 13.2 Å². The number of urea groups is 1. The first kappa shape index (κ1) is 14.9. The van der Waals surface area contributed by atoms with Crippen LogP contribution in [0.5, 0.6) is 0 Å². The number of carbonyl (C=O) groups is 1. The van der Waals surface area contributed by atoms with E-state index in [1.165, 1.54) is 11.3 Å². The lowest BCUT2D eigenvalue weighted by Crippen LogP contribution is -2.42. The highest BCUT2D eigenvalue weighted by molar-refractivity contribution is 7.14. The first-order valence-electron chi connectivity index (χ1n) is 7.31. The molecule has 1 aromatic heterocycles. The normalized spacial score (nSPS) is 13.9. The molecule has 1 heterocycles. The first-order chi connectivity index (χ1) is 10.8. The van der Waals surface area contributed by atoms with E-state index in [4.69, 9.17) is 5.11 Å². The van der Waals surface area contributed by atoms with E-state index in [-0.39, 0.29) is 18.7 Å². The molecule has 2 amide bonds. The number of carbonyl (C=O) groups excluding carboxylic acids is 1. The third-order valence-corrected chi connectivity index (χ3v) is 4.44. The van der Waals surface area contributed by atoms with Crippen LogP contribution in [0.1, 0.15) is 17.8 Å². The summed E-state index contributed by atoms with van der Waals surface area (Å²) in [5, 5.41) is 21.8. The van der Waals surface area contributed by atoms with Crippen LogP contribution in [0.3, 0.4) is 0 Å². The van der Waals surface area contributed by atoms with Crippen molar-refractivity contribution in [2.24, 2.45) is 0 Å². The minimum atomic E-state index is -0.145. The molecular weight excluding hydrogens is 300 g/mol. The second kappa shape index (κ2) is 6.85. The maximum atomic E-state index is 12.1. The molecule has 6 nitrogen and oxygen atoms in total. The lowest BCUT2D eigenvalue weighted by molar-refractivity contribution is 0.173. The molecule has 22 heavy (non-hydrogen) atoms. The molecule has 116 valence electrons. The van der Waals surface area contributed by atoms with Gasteiger partial charge in [0.1, 0.15) is 10.0 Å². The van der Waals surface area contributed by atoms with Crippen molar-refractivity contribution in [1.29, 1.82) is 0 Å². The van der Waals surface area contributed by atoms with E-state index in [1.54, 1.807) is 4.90 Å². The van der Waals surface area contributed by atoms with Gasteiger partial charge in [-0.1, -0.05) is 41.7 Å². The average molecular weight is 318 g/mol. The third-order valence-electron chi connectivity index (χ3n) is 3.47. The van der Waals surface area contributed by atoms with Crippen molar-refractivity contribution in [3.8, 4) is 10.6 Å². The Labute approximate surface area is 132 Å². The van der Waals surface area contributed by atoms with Crippen molar-refractivity contribution >= 4 is 17.4 Å². The van der Waals surface area contributed by atoms with Crippen LogP contribution in [0.25, 0.3) is 10.6 Å². The monoisotopic (exact) mass is 318 g/mol. The van der Waals surface area contributed by atoms with Gasteiger partial charge in [-0.2, -0.15) is 0 Å². The molecule has 0 radical (unpaired) electrons. The van der Waals surface area contributed by atoms with Crippen LogP contribution in [0.15, 0.2) is 30.3 Å². The molecule has 1 aromatic carbocycles. The number of amides is 2. The van der Waals surface area contributed by atoms with Gasteiger partial charge in [-0.25, -0.2) is 4.79 Å². The fraction of sp³-hybridized carbons (Fsp3) is 0.400. The first-order valence-corrected chi connectivity index (χ1v) is 8.12. The molecule has 0 saturated heterocycles. The molecule has 1 fully saturated rings. The van der Waals surface area contributed by atoms with Crippen molar-refractivity contribution in [3.05, 3.63) is 35.3 Å². The Morgan fingerprint density at radius 1 is 1.32 bits per heavy atom. The Kier molecular flexibility index (Phi) is 4.65. The van der Waals surface area contributed by atoms with Crippen molar-refractivity contribution in [3.63, 3.8) is 0 Å². The van der Waals surface area contributed by atoms with Gasteiger partial charge in [0.15, 0.2) is 0 Å². The zero-order valence-electron chi connectivity index (χ0n) is 12.1. The average Bonchev–Trinajstić information content (AvgIpc) is 3.28. The van der Waals surface area contributed by atoms with Crippen LogP contribution in [-0.4, -0.2) is 45.4 Å². The number of hydrogen-bond donors (Lipinski definition) is 2. The van der Waals surface area contributed by atoms with Gasteiger partial charge in [0.05, 0.1) is 13.2 Å². The van der Waals surface area contributed by atoms with Crippen LogP contribution in [0.4, 0.5) is 4.79 Å². The number of hydrogen-bond acceptors (Lipinski definition) is 5. The largest absolute Gasteiger partial charge is 0.395 e. The van der Waals surface area contributed by atoms with Crippen molar-refractivity contribution in [1.82, 2.24) is 20.4 Å². The molecule has 0 bridgehead atoms. The standard InChI is InChI=1S/C15H18N4O2S/c20-9-8-19(12-6-7-12)15(21)16-10-13-17-18-14(22-13)11-4-2-1-3-5-11/h1-5,12,20H,6-10H2,(H,16,21). The Morgan fingerprint density at radius 3 is 2.77 bits per heavy atom. The minimum absolute atomic E-state index is 0.0130. The van der Waals surface area contributed by atoms with E-state index >= 15 is 0 Å². The van der Waals surface area contributed by atoms with Gasteiger partial charge in [0, 0.05) is 18.2 Å². The highest BCUT2D eigenvalue weighted by Gasteiger charge is 2.32. The SMILES string of the molecule is O=C(NCc1nnc(-c2ccccc2)s1)N(CCO)C1CC1. The van der Waals surface area contributed by atoms with Gasteiger partial charge in [0.25, 0.3) is 0 Å². The van der Waals surface area contributed by atoms with E-state index < -0.39 is 0 Å². The van der Waals surface area contributed by atoms with Gasteiger partial charge in [-0.05, 0) is 12.8 Å². The van der Waals surface area contributed by atoms with Gasteiger partial charge in [0.2, 0.25) is 0 Å². The molecule has 0 atom stereocenters. The topological polar surface area (TPSA) is 78.4 Å². The molecule has 2 aromatic rings. The van der Waals surface area contributed by atoms with Gasteiger partial charge < -0.3 is 15.3 Å². The maximum Gasteiger partial charge on any atom is 0.318 e. The summed E-state index contributed by atoms with van der Waals surface area (Å²) in [5.41, 5.74) is 1.03. The summed E-state index contributed by atoms with van der Waals surface area (Å²) in [6, 6.07) is 9.98. The number of nitrogens with one attached hydrogen (secondary N) is 1. The van der Waals surface area contributed by atoms with E-state index in [9.17, 15) is 4.79 Å². The highest BCUT2D eigenvalue weighted by atomic mass is 32.1. The molecular formula is C15H18N4O2S.